The first-order valence-electron chi connectivity index (χ1n) is 6.02. The molecule has 0 saturated heterocycles. The Morgan fingerprint density at radius 3 is 2.50 bits per heavy atom. The van der Waals surface area contributed by atoms with Crippen molar-refractivity contribution < 1.29 is 5.11 Å². The van der Waals surface area contributed by atoms with Gasteiger partial charge in [-0.3, -0.25) is 4.68 Å². The lowest BCUT2D eigenvalue weighted by atomic mass is 10.0. The van der Waals surface area contributed by atoms with E-state index in [9.17, 15) is 5.11 Å². The number of hydrogen-bond donors (Lipinski definition) is 1. The monoisotopic (exact) mass is 249 g/mol. The van der Waals surface area contributed by atoms with Gasteiger partial charge in [-0.2, -0.15) is 5.10 Å². The zero-order valence-corrected chi connectivity index (χ0v) is 11.3. The molecule has 0 fully saturated rings. The third-order valence-corrected chi connectivity index (χ3v) is 3.42. The molecule has 1 atom stereocenters. The molecule has 6 nitrogen and oxygen atoms in total. The van der Waals surface area contributed by atoms with Crippen molar-refractivity contribution in [1.29, 1.82) is 0 Å². The molecule has 2 aromatic rings. The third kappa shape index (κ3) is 2.28. The van der Waals surface area contributed by atoms with Gasteiger partial charge in [0.15, 0.2) is 0 Å². The van der Waals surface area contributed by atoms with E-state index in [1.807, 2.05) is 25.6 Å². The van der Waals surface area contributed by atoms with Crippen molar-refractivity contribution in [3.05, 3.63) is 28.8 Å². The second kappa shape index (κ2) is 4.89. The van der Waals surface area contributed by atoms with E-state index in [2.05, 4.69) is 15.4 Å². The maximum absolute atomic E-state index is 10.1. The molecule has 2 aromatic heterocycles. The second-order valence-electron chi connectivity index (χ2n) is 4.61. The highest BCUT2D eigenvalue weighted by atomic mass is 16.3. The fraction of sp³-hybridized carbons (Fsp3) is 0.583. The molecule has 18 heavy (non-hydrogen) atoms. The number of aromatic nitrogens is 5. The molecule has 1 unspecified atom stereocenters. The Morgan fingerprint density at radius 2 is 2.00 bits per heavy atom. The summed E-state index contributed by atoms with van der Waals surface area (Å²) in [6.07, 6.45) is 2.52. The number of aliphatic hydroxyl groups excluding tert-OH is 1. The molecule has 1 N–H and O–H groups in total. The van der Waals surface area contributed by atoms with Crippen LogP contribution >= 0.6 is 0 Å². The summed E-state index contributed by atoms with van der Waals surface area (Å²) in [5.74, 6) is 0. The van der Waals surface area contributed by atoms with Crippen LogP contribution in [0, 0.1) is 13.8 Å². The number of rotatable bonds is 4. The molecule has 2 heterocycles. The van der Waals surface area contributed by atoms with E-state index in [0.717, 1.165) is 23.5 Å². The molecule has 0 aromatic carbocycles. The minimum Gasteiger partial charge on any atom is -0.387 e. The van der Waals surface area contributed by atoms with Crippen molar-refractivity contribution in [2.45, 2.75) is 32.8 Å². The van der Waals surface area contributed by atoms with Crippen molar-refractivity contribution in [2.75, 3.05) is 0 Å². The molecule has 0 spiro atoms. The smallest absolute Gasteiger partial charge is 0.0976 e. The molecule has 0 amide bonds. The highest BCUT2D eigenvalue weighted by Crippen LogP contribution is 2.20. The van der Waals surface area contributed by atoms with Crippen molar-refractivity contribution in [3.8, 4) is 0 Å². The van der Waals surface area contributed by atoms with Gasteiger partial charge in [0.05, 0.1) is 23.7 Å². The van der Waals surface area contributed by atoms with E-state index in [4.69, 9.17) is 0 Å². The summed E-state index contributed by atoms with van der Waals surface area (Å²) in [7, 11) is 3.72. The number of hydrogen-bond acceptors (Lipinski definition) is 4. The molecule has 98 valence electrons. The van der Waals surface area contributed by atoms with E-state index < -0.39 is 6.10 Å². The standard InChI is InChI=1S/C12H19N5O/c1-8-10(9(2)16(3)14-8)5-6-12(18)11-7-13-15-17(11)4/h7,12,18H,5-6H2,1-4H3. The van der Waals surface area contributed by atoms with Crippen LogP contribution in [0.4, 0.5) is 0 Å². The summed E-state index contributed by atoms with van der Waals surface area (Å²) in [4.78, 5) is 0. The van der Waals surface area contributed by atoms with Crippen LogP contribution in [0.3, 0.4) is 0 Å². The molecule has 0 aliphatic carbocycles. The van der Waals surface area contributed by atoms with Gasteiger partial charge in [-0.25, -0.2) is 4.68 Å². The fourth-order valence-electron chi connectivity index (χ4n) is 2.21. The van der Waals surface area contributed by atoms with Crippen LogP contribution in [0.15, 0.2) is 6.20 Å². The summed E-state index contributed by atoms with van der Waals surface area (Å²) >= 11 is 0. The lowest BCUT2D eigenvalue weighted by Crippen LogP contribution is -2.07. The summed E-state index contributed by atoms with van der Waals surface area (Å²) in [5.41, 5.74) is 4.15. The minimum absolute atomic E-state index is 0.538. The number of nitrogens with zero attached hydrogens (tertiary/aromatic N) is 5. The van der Waals surface area contributed by atoms with Crippen molar-refractivity contribution in [1.82, 2.24) is 24.8 Å². The Bertz CT molecular complexity index is 543. The van der Waals surface area contributed by atoms with Crippen LogP contribution in [0.25, 0.3) is 0 Å². The lowest BCUT2D eigenvalue weighted by molar-refractivity contribution is 0.158. The molecular formula is C12H19N5O. The van der Waals surface area contributed by atoms with E-state index in [-0.39, 0.29) is 0 Å². The van der Waals surface area contributed by atoms with Crippen LogP contribution < -0.4 is 0 Å². The van der Waals surface area contributed by atoms with Gasteiger partial charge >= 0.3 is 0 Å². The van der Waals surface area contributed by atoms with Gasteiger partial charge in [0.1, 0.15) is 0 Å². The van der Waals surface area contributed by atoms with Gasteiger partial charge in [-0.15, -0.1) is 5.10 Å². The van der Waals surface area contributed by atoms with E-state index in [1.165, 1.54) is 5.56 Å². The van der Waals surface area contributed by atoms with Crippen molar-refractivity contribution >= 4 is 0 Å². The van der Waals surface area contributed by atoms with Gasteiger partial charge < -0.3 is 5.11 Å². The highest BCUT2D eigenvalue weighted by Gasteiger charge is 2.15. The molecule has 2 rings (SSSR count). The SMILES string of the molecule is Cc1nn(C)c(C)c1CCC(O)c1cnnn1C. The van der Waals surface area contributed by atoms with Gasteiger partial charge in [0.2, 0.25) is 0 Å². The van der Waals surface area contributed by atoms with Gasteiger partial charge in [-0.1, -0.05) is 5.21 Å². The Morgan fingerprint density at radius 1 is 1.28 bits per heavy atom. The van der Waals surface area contributed by atoms with E-state index >= 15 is 0 Å². The molecule has 0 bridgehead atoms. The zero-order chi connectivity index (χ0) is 13.3. The average Bonchev–Trinajstić information content (AvgIpc) is 2.83. The topological polar surface area (TPSA) is 68.8 Å². The first-order valence-corrected chi connectivity index (χ1v) is 6.02. The van der Waals surface area contributed by atoms with Crippen LogP contribution in [0.1, 0.15) is 35.2 Å². The van der Waals surface area contributed by atoms with Crippen molar-refractivity contribution in [3.63, 3.8) is 0 Å². The summed E-state index contributed by atoms with van der Waals surface area (Å²) in [6.45, 7) is 4.05. The molecule has 6 heteroatoms. The van der Waals surface area contributed by atoms with Crippen LogP contribution in [0.2, 0.25) is 0 Å². The zero-order valence-electron chi connectivity index (χ0n) is 11.3. The largest absolute Gasteiger partial charge is 0.387 e. The van der Waals surface area contributed by atoms with Crippen molar-refractivity contribution in [2.24, 2.45) is 14.1 Å². The third-order valence-electron chi connectivity index (χ3n) is 3.42. The van der Waals surface area contributed by atoms with E-state index in [0.29, 0.717) is 6.42 Å². The molecule has 0 aliphatic heterocycles. The summed E-state index contributed by atoms with van der Waals surface area (Å²) in [6, 6.07) is 0. The predicted octanol–water partition coefficient (Wildman–Crippen LogP) is 0.832. The Labute approximate surface area is 106 Å². The van der Waals surface area contributed by atoms with Gasteiger partial charge in [0.25, 0.3) is 0 Å². The summed E-state index contributed by atoms with van der Waals surface area (Å²) in [5, 5.41) is 22.1. The maximum Gasteiger partial charge on any atom is 0.0976 e. The Hall–Kier alpha value is -1.69. The first kappa shape index (κ1) is 12.8. The lowest BCUT2D eigenvalue weighted by Gasteiger charge is -2.10. The Balaban J connectivity index is 2.06. The van der Waals surface area contributed by atoms with Crippen LogP contribution in [-0.4, -0.2) is 29.9 Å². The van der Waals surface area contributed by atoms with Crippen LogP contribution in [-0.2, 0) is 20.5 Å². The number of aryl methyl sites for hydroxylation is 3. The predicted molar refractivity (Wildman–Crippen MR) is 67.0 cm³/mol. The fourth-order valence-corrected chi connectivity index (χ4v) is 2.21. The average molecular weight is 249 g/mol. The molecule has 0 radical (unpaired) electrons. The number of aliphatic hydroxyl groups is 1. The molecular weight excluding hydrogens is 230 g/mol. The van der Waals surface area contributed by atoms with Gasteiger partial charge in [0, 0.05) is 19.8 Å². The first-order chi connectivity index (χ1) is 8.50. The minimum atomic E-state index is -0.538. The normalized spacial score (nSPS) is 12.9. The summed E-state index contributed by atoms with van der Waals surface area (Å²) < 4.78 is 3.48. The second-order valence-corrected chi connectivity index (χ2v) is 4.61. The van der Waals surface area contributed by atoms with Crippen LogP contribution in [0.5, 0.6) is 0 Å². The Kier molecular flexibility index (Phi) is 3.47. The molecule has 0 aliphatic rings. The van der Waals surface area contributed by atoms with Gasteiger partial charge in [-0.05, 0) is 32.3 Å². The maximum atomic E-state index is 10.1. The van der Waals surface area contributed by atoms with E-state index in [1.54, 1.807) is 17.9 Å². The quantitative estimate of drug-likeness (QED) is 0.871. The highest BCUT2D eigenvalue weighted by molar-refractivity contribution is 5.24. The molecule has 0 saturated carbocycles.